The van der Waals surface area contributed by atoms with Gasteiger partial charge in [0.2, 0.25) is 0 Å². The first kappa shape index (κ1) is 26.9. The summed E-state index contributed by atoms with van der Waals surface area (Å²) in [5, 5.41) is 16.5. The minimum absolute atomic E-state index is 0.00788. The van der Waals surface area contributed by atoms with Crippen LogP contribution in [0.1, 0.15) is 36.4 Å². The first-order chi connectivity index (χ1) is 18.1. The summed E-state index contributed by atoms with van der Waals surface area (Å²) in [6, 6.07) is -1.17. The Morgan fingerprint density at radius 2 is 1.63 bits per heavy atom. The van der Waals surface area contributed by atoms with Crippen LogP contribution >= 0.6 is 0 Å². The Hall–Kier alpha value is -4.18. The molecule has 0 spiro atoms. The highest BCUT2D eigenvalue weighted by atomic mass is 16.5. The molecule has 4 rings (SSSR count). The lowest BCUT2D eigenvalue weighted by Crippen LogP contribution is -2.46. The van der Waals surface area contributed by atoms with Crippen molar-refractivity contribution in [1.29, 1.82) is 0 Å². The van der Waals surface area contributed by atoms with E-state index in [1.807, 2.05) is 0 Å². The monoisotopic (exact) mass is 532 g/mol. The van der Waals surface area contributed by atoms with E-state index in [4.69, 9.17) is 20.7 Å². The Bertz CT molecular complexity index is 1500. The second-order valence-corrected chi connectivity index (χ2v) is 9.12. The van der Waals surface area contributed by atoms with Crippen LogP contribution < -0.4 is 33.5 Å². The van der Waals surface area contributed by atoms with Crippen LogP contribution in [0.4, 0.5) is 0 Å². The zero-order valence-electron chi connectivity index (χ0n) is 20.6. The van der Waals surface area contributed by atoms with Crippen molar-refractivity contribution in [1.82, 2.24) is 24.4 Å². The standard InChI is InChI=1S/C21H28N10O7/c1-9-6-30(20(35)26-17(9)33)15-3-11(14(8-32)38-15)25-19(22)24-5-13-12(28-29-23)4-16(37-13)31-7-10(2)18(34)27-21(31)36/h6-7,11-16,32H,3-5,8H2,1-2H3,(H3,22,24,25)(H,26,33,35)(H,27,34,36)/t11-,12-,13+,14+,15+,16+/m0/s1. The summed E-state index contributed by atoms with van der Waals surface area (Å²) in [6.45, 7) is 2.73. The fraction of sp³-hybridized carbons (Fsp3) is 0.571. The van der Waals surface area contributed by atoms with E-state index in [0.717, 1.165) is 0 Å². The molecule has 38 heavy (non-hydrogen) atoms. The van der Waals surface area contributed by atoms with Crippen LogP contribution in [-0.4, -0.2) is 67.6 Å². The number of nitrogens with one attached hydrogen (secondary N) is 3. The maximum atomic E-state index is 12.2. The molecule has 4 heterocycles. The van der Waals surface area contributed by atoms with Crippen LogP contribution in [0.3, 0.4) is 0 Å². The van der Waals surface area contributed by atoms with Gasteiger partial charge < -0.3 is 25.6 Å². The number of aromatic amines is 2. The van der Waals surface area contributed by atoms with Gasteiger partial charge in [-0.25, -0.2) is 9.59 Å². The predicted molar refractivity (Wildman–Crippen MR) is 133 cm³/mol. The zero-order valence-corrected chi connectivity index (χ0v) is 20.6. The fourth-order valence-electron chi connectivity index (χ4n) is 4.48. The molecule has 2 aliphatic heterocycles. The summed E-state index contributed by atoms with van der Waals surface area (Å²) in [7, 11) is 0. The lowest BCUT2D eigenvalue weighted by molar-refractivity contribution is -0.0282. The largest absolute Gasteiger partial charge is 0.394 e. The third-order valence-electron chi connectivity index (χ3n) is 6.51. The van der Waals surface area contributed by atoms with Gasteiger partial charge in [-0.3, -0.25) is 33.7 Å². The van der Waals surface area contributed by atoms with Crippen molar-refractivity contribution in [3.05, 3.63) is 75.6 Å². The zero-order chi connectivity index (χ0) is 27.6. The molecule has 6 N–H and O–H groups in total. The lowest BCUT2D eigenvalue weighted by Gasteiger charge is -2.19. The van der Waals surface area contributed by atoms with Crippen LogP contribution in [0.15, 0.2) is 41.7 Å². The van der Waals surface area contributed by atoms with E-state index in [-0.39, 0.29) is 32.0 Å². The van der Waals surface area contributed by atoms with Gasteiger partial charge in [-0.1, -0.05) is 5.11 Å². The molecule has 17 heteroatoms. The minimum atomic E-state index is -0.787. The number of rotatable bonds is 7. The van der Waals surface area contributed by atoms with E-state index in [2.05, 4.69) is 30.3 Å². The molecular formula is C21H28N10O7. The Labute approximate surface area is 213 Å². The summed E-state index contributed by atoms with van der Waals surface area (Å²) in [4.78, 5) is 59.4. The molecule has 0 unspecified atom stereocenters. The van der Waals surface area contributed by atoms with E-state index in [0.29, 0.717) is 11.1 Å². The number of hydrogen-bond donors (Lipinski definition) is 5. The second-order valence-electron chi connectivity index (χ2n) is 9.12. The first-order valence-electron chi connectivity index (χ1n) is 11.8. The van der Waals surface area contributed by atoms with Crippen molar-refractivity contribution < 1.29 is 14.6 Å². The van der Waals surface area contributed by atoms with Crippen molar-refractivity contribution in [2.45, 2.75) is 63.4 Å². The van der Waals surface area contributed by atoms with Gasteiger partial charge in [0.05, 0.1) is 31.3 Å². The smallest absolute Gasteiger partial charge is 0.330 e. The number of guanidine groups is 1. The van der Waals surface area contributed by atoms with Gasteiger partial charge in [-0.2, -0.15) is 0 Å². The maximum absolute atomic E-state index is 12.2. The molecule has 204 valence electrons. The molecule has 2 aromatic rings. The average molecular weight is 533 g/mol. The molecule has 0 amide bonds. The summed E-state index contributed by atoms with van der Waals surface area (Å²) in [5.41, 5.74) is 13.4. The number of hydrogen-bond acceptors (Lipinski definition) is 9. The van der Waals surface area contributed by atoms with Gasteiger partial charge in [0.1, 0.15) is 18.6 Å². The number of azide groups is 1. The Balaban J connectivity index is 1.45. The molecular weight excluding hydrogens is 504 g/mol. The van der Waals surface area contributed by atoms with Gasteiger partial charge in [0.25, 0.3) is 11.1 Å². The Kier molecular flexibility index (Phi) is 7.82. The van der Waals surface area contributed by atoms with Gasteiger partial charge in [0, 0.05) is 41.3 Å². The maximum Gasteiger partial charge on any atom is 0.330 e. The first-order valence-corrected chi connectivity index (χ1v) is 11.8. The van der Waals surface area contributed by atoms with Crippen molar-refractivity contribution in [3.8, 4) is 0 Å². The van der Waals surface area contributed by atoms with E-state index in [1.54, 1.807) is 13.8 Å². The second kappa shape index (κ2) is 11.1. The van der Waals surface area contributed by atoms with Crippen molar-refractivity contribution in [2.75, 3.05) is 13.2 Å². The molecule has 2 fully saturated rings. The SMILES string of the molecule is Cc1cn([C@H]2C[C@H](N=[N+]=[N-])[C@@H](CN=C(N)N[C@H]3C[C@H](n4cc(C)c(=O)[nH]c4=O)O[C@@H]3CO)O2)c(=O)[nH]c1=O. The van der Waals surface area contributed by atoms with Gasteiger partial charge in [-0.15, -0.1) is 0 Å². The highest BCUT2D eigenvalue weighted by molar-refractivity contribution is 5.78. The van der Waals surface area contributed by atoms with Crippen LogP contribution in [-0.2, 0) is 9.47 Å². The topological polar surface area (TPSA) is 248 Å². The molecule has 2 saturated heterocycles. The van der Waals surface area contributed by atoms with Crippen LogP contribution in [0, 0.1) is 13.8 Å². The highest BCUT2D eigenvalue weighted by Gasteiger charge is 2.38. The van der Waals surface area contributed by atoms with Crippen LogP contribution in [0.25, 0.3) is 10.4 Å². The molecule has 2 aromatic heterocycles. The summed E-state index contributed by atoms with van der Waals surface area (Å²) < 4.78 is 14.2. The number of aliphatic hydroxyl groups is 1. The molecule has 0 aromatic carbocycles. The highest BCUT2D eigenvalue weighted by Crippen LogP contribution is 2.30. The van der Waals surface area contributed by atoms with Crippen LogP contribution in [0.2, 0.25) is 0 Å². The number of nitrogens with zero attached hydrogens (tertiary/aromatic N) is 6. The van der Waals surface area contributed by atoms with E-state index in [9.17, 15) is 24.3 Å². The average Bonchev–Trinajstić information content (AvgIpc) is 3.46. The lowest BCUT2D eigenvalue weighted by atomic mass is 10.1. The molecule has 0 bridgehead atoms. The third kappa shape index (κ3) is 5.55. The van der Waals surface area contributed by atoms with E-state index < -0.39 is 59.2 Å². The number of nitrogens with two attached hydrogens (primary N) is 1. The molecule has 0 radical (unpaired) electrons. The minimum Gasteiger partial charge on any atom is -0.394 e. The van der Waals surface area contributed by atoms with E-state index in [1.165, 1.54) is 21.5 Å². The van der Waals surface area contributed by atoms with Crippen molar-refractivity contribution in [2.24, 2.45) is 15.8 Å². The van der Waals surface area contributed by atoms with Gasteiger partial charge in [0.15, 0.2) is 5.96 Å². The Morgan fingerprint density at radius 3 is 2.18 bits per heavy atom. The normalized spacial score (nSPS) is 27.3. The number of H-pyrrole nitrogens is 2. The quantitative estimate of drug-likeness (QED) is 0.0887. The van der Waals surface area contributed by atoms with Gasteiger partial charge >= 0.3 is 11.4 Å². The number of ether oxygens (including phenoxy) is 2. The van der Waals surface area contributed by atoms with Crippen molar-refractivity contribution >= 4 is 5.96 Å². The molecule has 6 atom stereocenters. The molecule has 17 nitrogen and oxygen atoms in total. The Morgan fingerprint density at radius 1 is 1.08 bits per heavy atom. The third-order valence-corrected chi connectivity index (χ3v) is 6.51. The van der Waals surface area contributed by atoms with Crippen molar-refractivity contribution in [3.63, 3.8) is 0 Å². The van der Waals surface area contributed by atoms with Gasteiger partial charge in [-0.05, 0) is 19.4 Å². The number of aryl methyl sites for hydroxylation is 2. The predicted octanol–water partition coefficient (Wildman–Crippen LogP) is -1.78. The number of aliphatic hydroxyl groups excluding tert-OH is 1. The van der Waals surface area contributed by atoms with Crippen LogP contribution in [0.5, 0.6) is 0 Å². The molecule has 0 saturated carbocycles. The molecule has 2 aliphatic rings. The number of aliphatic imine (C=N–C) groups is 1. The summed E-state index contributed by atoms with van der Waals surface area (Å²) in [5.74, 6) is -0.00788. The molecule has 0 aliphatic carbocycles. The van der Waals surface area contributed by atoms with E-state index >= 15 is 0 Å². The fourth-order valence-corrected chi connectivity index (χ4v) is 4.48. The summed E-state index contributed by atoms with van der Waals surface area (Å²) in [6.07, 6.45) is 0.217. The summed E-state index contributed by atoms with van der Waals surface area (Å²) >= 11 is 0. The number of aromatic nitrogens is 4.